The van der Waals surface area contributed by atoms with E-state index in [1.54, 1.807) is 11.3 Å². The van der Waals surface area contributed by atoms with Crippen molar-refractivity contribution in [2.75, 3.05) is 0 Å². The summed E-state index contributed by atoms with van der Waals surface area (Å²) in [5.41, 5.74) is 0. The molecular formula is C11H15NO3S. The zero-order chi connectivity index (χ0) is 12.1. The summed E-state index contributed by atoms with van der Waals surface area (Å²) < 4.78 is 0. The van der Waals surface area contributed by atoms with Gasteiger partial charge in [0.15, 0.2) is 0 Å². The van der Waals surface area contributed by atoms with Gasteiger partial charge in [-0.05, 0) is 25.3 Å². The van der Waals surface area contributed by atoms with Crippen LogP contribution in [0.15, 0.2) is 17.5 Å². The number of nitrogens with one attached hydrogen (secondary N) is 1. The highest BCUT2D eigenvalue weighted by molar-refractivity contribution is 7.09. The molecule has 0 aliphatic rings. The molecule has 1 amide bonds. The predicted octanol–water partition coefficient (Wildman–Crippen LogP) is 1.52. The first-order chi connectivity index (χ1) is 7.50. The Bertz CT molecular complexity index is 361. The summed E-state index contributed by atoms with van der Waals surface area (Å²) in [6, 6.07) is 3.90. The summed E-state index contributed by atoms with van der Waals surface area (Å²) in [5, 5.41) is 13.3. The third-order valence-electron chi connectivity index (χ3n) is 2.24. The van der Waals surface area contributed by atoms with E-state index in [2.05, 4.69) is 5.32 Å². The fourth-order valence-electron chi connectivity index (χ4n) is 1.26. The molecule has 88 valence electrons. The normalized spacial score (nSPS) is 14.1. The van der Waals surface area contributed by atoms with Crippen molar-refractivity contribution < 1.29 is 14.7 Å². The predicted molar refractivity (Wildman–Crippen MR) is 62.4 cm³/mol. The number of rotatable bonds is 5. The monoisotopic (exact) mass is 241 g/mol. The highest BCUT2D eigenvalue weighted by Crippen LogP contribution is 2.11. The Morgan fingerprint density at radius 2 is 2.19 bits per heavy atom. The Labute approximate surface area is 98.3 Å². The summed E-state index contributed by atoms with van der Waals surface area (Å²) in [6.07, 6.45) is 0.732. The van der Waals surface area contributed by atoms with Gasteiger partial charge in [0.05, 0.1) is 0 Å². The SMILES string of the molecule is CC(Cc1cccs1)NC(=O)C(C)C(=O)O. The molecule has 2 N–H and O–H groups in total. The largest absolute Gasteiger partial charge is 0.481 e. The van der Waals surface area contributed by atoms with Gasteiger partial charge in [0.1, 0.15) is 5.92 Å². The van der Waals surface area contributed by atoms with Gasteiger partial charge in [-0.1, -0.05) is 6.07 Å². The summed E-state index contributed by atoms with van der Waals surface area (Å²) in [5.74, 6) is -2.52. The van der Waals surface area contributed by atoms with Crippen molar-refractivity contribution in [2.24, 2.45) is 5.92 Å². The minimum absolute atomic E-state index is 0.0482. The fraction of sp³-hybridized carbons (Fsp3) is 0.455. The third-order valence-corrected chi connectivity index (χ3v) is 3.14. The van der Waals surface area contributed by atoms with E-state index in [0.717, 1.165) is 6.42 Å². The minimum Gasteiger partial charge on any atom is -0.481 e. The van der Waals surface area contributed by atoms with Gasteiger partial charge < -0.3 is 10.4 Å². The third kappa shape index (κ3) is 3.66. The molecule has 2 unspecified atom stereocenters. The van der Waals surface area contributed by atoms with E-state index >= 15 is 0 Å². The number of aliphatic carboxylic acids is 1. The number of carboxylic acids is 1. The van der Waals surface area contributed by atoms with E-state index in [1.165, 1.54) is 11.8 Å². The topological polar surface area (TPSA) is 66.4 Å². The number of carboxylic acid groups (broad SMARTS) is 1. The maximum absolute atomic E-state index is 11.4. The number of amides is 1. The molecule has 0 aliphatic heterocycles. The molecule has 1 heterocycles. The molecule has 0 spiro atoms. The van der Waals surface area contributed by atoms with Crippen molar-refractivity contribution in [3.63, 3.8) is 0 Å². The Morgan fingerprint density at radius 3 is 2.69 bits per heavy atom. The number of thiophene rings is 1. The van der Waals surface area contributed by atoms with E-state index < -0.39 is 17.8 Å². The number of hydrogen-bond donors (Lipinski definition) is 2. The highest BCUT2D eigenvalue weighted by atomic mass is 32.1. The molecule has 0 fully saturated rings. The molecule has 1 aromatic heterocycles. The van der Waals surface area contributed by atoms with Gasteiger partial charge in [-0.2, -0.15) is 0 Å². The van der Waals surface area contributed by atoms with Crippen molar-refractivity contribution in [1.29, 1.82) is 0 Å². The lowest BCUT2D eigenvalue weighted by Gasteiger charge is -2.14. The molecule has 4 nitrogen and oxygen atoms in total. The minimum atomic E-state index is -1.10. The molecule has 16 heavy (non-hydrogen) atoms. The Kier molecular flexibility index (Phi) is 4.49. The number of carbonyl (C=O) groups excluding carboxylic acids is 1. The Morgan fingerprint density at radius 1 is 1.50 bits per heavy atom. The zero-order valence-corrected chi connectivity index (χ0v) is 10.1. The molecule has 0 bridgehead atoms. The number of carbonyl (C=O) groups is 2. The van der Waals surface area contributed by atoms with Gasteiger partial charge in [0.25, 0.3) is 0 Å². The van der Waals surface area contributed by atoms with Crippen LogP contribution in [0.2, 0.25) is 0 Å². The molecule has 1 aromatic rings. The van der Waals surface area contributed by atoms with Crippen LogP contribution in [0.1, 0.15) is 18.7 Å². The lowest BCUT2D eigenvalue weighted by molar-refractivity contribution is -0.146. The highest BCUT2D eigenvalue weighted by Gasteiger charge is 2.21. The van der Waals surface area contributed by atoms with Gasteiger partial charge in [-0.15, -0.1) is 11.3 Å². The first-order valence-electron chi connectivity index (χ1n) is 5.06. The van der Waals surface area contributed by atoms with Crippen LogP contribution in [0.25, 0.3) is 0 Å². The van der Waals surface area contributed by atoms with Crippen LogP contribution in [0, 0.1) is 5.92 Å². The zero-order valence-electron chi connectivity index (χ0n) is 9.27. The average Bonchev–Trinajstić information content (AvgIpc) is 2.68. The van der Waals surface area contributed by atoms with Crippen LogP contribution in [-0.2, 0) is 16.0 Å². The van der Waals surface area contributed by atoms with Crippen LogP contribution in [-0.4, -0.2) is 23.0 Å². The molecule has 2 atom stereocenters. The van der Waals surface area contributed by atoms with Crippen LogP contribution >= 0.6 is 11.3 Å². The van der Waals surface area contributed by atoms with E-state index in [-0.39, 0.29) is 6.04 Å². The van der Waals surface area contributed by atoms with Crippen molar-refractivity contribution in [2.45, 2.75) is 26.3 Å². The second kappa shape index (κ2) is 5.65. The maximum Gasteiger partial charge on any atom is 0.315 e. The fourth-order valence-corrected chi connectivity index (χ4v) is 2.10. The second-order valence-corrected chi connectivity index (χ2v) is 4.79. The van der Waals surface area contributed by atoms with Crippen molar-refractivity contribution >= 4 is 23.2 Å². The first-order valence-corrected chi connectivity index (χ1v) is 5.94. The van der Waals surface area contributed by atoms with Crippen molar-refractivity contribution in [3.05, 3.63) is 22.4 Å². The van der Waals surface area contributed by atoms with E-state index in [9.17, 15) is 9.59 Å². The number of hydrogen-bond acceptors (Lipinski definition) is 3. The standard InChI is InChI=1S/C11H15NO3S/c1-7(6-9-4-3-5-16-9)12-10(13)8(2)11(14)15/h3-5,7-8H,6H2,1-2H3,(H,12,13)(H,14,15). The van der Waals surface area contributed by atoms with Crippen LogP contribution in [0.4, 0.5) is 0 Å². The van der Waals surface area contributed by atoms with E-state index in [4.69, 9.17) is 5.11 Å². The summed E-state index contributed by atoms with van der Waals surface area (Å²) >= 11 is 1.63. The lowest BCUT2D eigenvalue weighted by atomic mass is 10.1. The van der Waals surface area contributed by atoms with Crippen LogP contribution in [0.3, 0.4) is 0 Å². The van der Waals surface area contributed by atoms with Gasteiger partial charge in [0, 0.05) is 17.3 Å². The second-order valence-electron chi connectivity index (χ2n) is 3.75. The van der Waals surface area contributed by atoms with E-state index in [1.807, 2.05) is 24.4 Å². The summed E-state index contributed by atoms with van der Waals surface area (Å²) in [4.78, 5) is 23.2. The first kappa shape index (κ1) is 12.7. The molecule has 0 aromatic carbocycles. The molecule has 0 saturated carbocycles. The van der Waals surface area contributed by atoms with Gasteiger partial charge >= 0.3 is 5.97 Å². The molecule has 1 rings (SSSR count). The average molecular weight is 241 g/mol. The van der Waals surface area contributed by atoms with Crippen molar-refractivity contribution in [1.82, 2.24) is 5.32 Å². The molecule has 0 saturated heterocycles. The summed E-state index contributed by atoms with van der Waals surface area (Å²) in [7, 11) is 0. The lowest BCUT2D eigenvalue weighted by Crippen LogP contribution is -2.39. The molecule has 5 heteroatoms. The van der Waals surface area contributed by atoms with Gasteiger partial charge in [-0.25, -0.2) is 0 Å². The quantitative estimate of drug-likeness (QED) is 0.768. The Hall–Kier alpha value is -1.36. The van der Waals surface area contributed by atoms with Crippen LogP contribution < -0.4 is 5.32 Å². The van der Waals surface area contributed by atoms with Gasteiger partial charge in [0.2, 0.25) is 5.91 Å². The molecule has 0 radical (unpaired) electrons. The van der Waals surface area contributed by atoms with Gasteiger partial charge in [-0.3, -0.25) is 9.59 Å². The maximum atomic E-state index is 11.4. The van der Waals surface area contributed by atoms with Crippen molar-refractivity contribution in [3.8, 4) is 0 Å². The molecular weight excluding hydrogens is 226 g/mol. The van der Waals surface area contributed by atoms with Crippen LogP contribution in [0.5, 0.6) is 0 Å². The Balaban J connectivity index is 2.42. The summed E-state index contributed by atoms with van der Waals surface area (Å²) in [6.45, 7) is 3.25. The smallest absolute Gasteiger partial charge is 0.315 e. The van der Waals surface area contributed by atoms with E-state index in [0.29, 0.717) is 0 Å². The molecule has 0 aliphatic carbocycles.